The molecular weight excluding hydrogens is 240 g/mol. The molecule has 1 aliphatic rings. The van der Waals surface area contributed by atoms with Crippen molar-refractivity contribution in [3.05, 3.63) is 35.7 Å². The fraction of sp³-hybridized carbons (Fsp3) is 0.286. The molecule has 98 valence electrons. The minimum Gasteiger partial charge on any atom is -0.330 e. The number of amides is 1. The molecule has 19 heavy (non-hydrogen) atoms. The lowest BCUT2D eigenvalue weighted by Crippen LogP contribution is -2.04. The van der Waals surface area contributed by atoms with Crippen LogP contribution in [0.5, 0.6) is 0 Å². The normalized spacial score (nSPS) is 13.5. The fourth-order valence-corrected chi connectivity index (χ4v) is 2.49. The maximum absolute atomic E-state index is 11.4. The van der Waals surface area contributed by atoms with Crippen molar-refractivity contribution in [3.63, 3.8) is 0 Å². The zero-order valence-corrected chi connectivity index (χ0v) is 10.8. The average molecular weight is 256 g/mol. The van der Waals surface area contributed by atoms with Gasteiger partial charge >= 0.3 is 0 Å². The van der Waals surface area contributed by atoms with Crippen LogP contribution in [0.2, 0.25) is 0 Å². The van der Waals surface area contributed by atoms with Crippen molar-refractivity contribution in [1.82, 2.24) is 9.78 Å². The van der Waals surface area contributed by atoms with Gasteiger partial charge in [0.05, 0.1) is 12.1 Å². The van der Waals surface area contributed by atoms with Crippen LogP contribution in [0.3, 0.4) is 0 Å². The summed E-state index contributed by atoms with van der Waals surface area (Å²) in [5.41, 5.74) is 10.8. The van der Waals surface area contributed by atoms with Gasteiger partial charge in [-0.1, -0.05) is 6.07 Å². The number of hydrogen-bond acceptors (Lipinski definition) is 3. The number of anilines is 1. The summed E-state index contributed by atoms with van der Waals surface area (Å²) in [6.45, 7) is 0.578. The molecule has 5 heteroatoms. The van der Waals surface area contributed by atoms with Gasteiger partial charge in [-0.05, 0) is 29.8 Å². The molecule has 0 saturated carbocycles. The van der Waals surface area contributed by atoms with E-state index in [9.17, 15) is 4.79 Å². The van der Waals surface area contributed by atoms with E-state index in [1.54, 1.807) is 4.68 Å². The highest BCUT2D eigenvalue weighted by Crippen LogP contribution is 2.30. The van der Waals surface area contributed by atoms with Crippen molar-refractivity contribution >= 4 is 11.6 Å². The van der Waals surface area contributed by atoms with E-state index in [1.807, 2.05) is 25.4 Å². The number of fused-ring (bicyclic) bond motifs is 1. The average Bonchev–Trinajstić information content (AvgIpc) is 2.90. The molecule has 1 aliphatic heterocycles. The van der Waals surface area contributed by atoms with E-state index in [0.717, 1.165) is 34.5 Å². The summed E-state index contributed by atoms with van der Waals surface area (Å²) >= 11 is 0. The largest absolute Gasteiger partial charge is 0.330 e. The lowest BCUT2D eigenvalue weighted by molar-refractivity contribution is -0.115. The molecule has 0 atom stereocenters. The van der Waals surface area contributed by atoms with Gasteiger partial charge in [0.1, 0.15) is 0 Å². The minimum absolute atomic E-state index is 0.0560. The van der Waals surface area contributed by atoms with Gasteiger partial charge in [0.25, 0.3) is 0 Å². The highest BCUT2D eigenvalue weighted by atomic mass is 16.1. The number of hydrogen-bond donors (Lipinski definition) is 2. The molecule has 3 N–H and O–H groups in total. The Balaban J connectivity index is 2.03. The summed E-state index contributed by atoms with van der Waals surface area (Å²) < 4.78 is 1.80. The Morgan fingerprint density at radius 2 is 2.32 bits per heavy atom. The van der Waals surface area contributed by atoms with Crippen LogP contribution in [0.15, 0.2) is 24.4 Å². The lowest BCUT2D eigenvalue weighted by Gasteiger charge is -2.04. The molecule has 3 rings (SSSR count). The predicted octanol–water partition coefficient (Wildman–Crippen LogP) is 1.08. The van der Waals surface area contributed by atoms with E-state index in [1.165, 1.54) is 0 Å². The first-order chi connectivity index (χ1) is 9.17. The van der Waals surface area contributed by atoms with Gasteiger partial charge in [0.2, 0.25) is 5.91 Å². The topological polar surface area (TPSA) is 72.9 Å². The van der Waals surface area contributed by atoms with Crippen molar-refractivity contribution in [2.24, 2.45) is 12.8 Å². The van der Waals surface area contributed by atoms with Crippen LogP contribution in [0.1, 0.15) is 11.3 Å². The van der Waals surface area contributed by atoms with Gasteiger partial charge in [-0.3, -0.25) is 9.48 Å². The Morgan fingerprint density at radius 1 is 1.47 bits per heavy atom. The van der Waals surface area contributed by atoms with Gasteiger partial charge in [0, 0.05) is 30.9 Å². The quantitative estimate of drug-likeness (QED) is 0.863. The van der Waals surface area contributed by atoms with Crippen LogP contribution in [-0.4, -0.2) is 22.2 Å². The summed E-state index contributed by atoms with van der Waals surface area (Å²) in [6, 6.07) is 6.03. The number of rotatable bonds is 3. The molecule has 0 unspecified atom stereocenters. The number of aryl methyl sites for hydroxylation is 1. The number of benzene rings is 1. The minimum atomic E-state index is 0.0560. The van der Waals surface area contributed by atoms with E-state index in [0.29, 0.717) is 13.0 Å². The summed E-state index contributed by atoms with van der Waals surface area (Å²) in [4.78, 5) is 11.4. The van der Waals surface area contributed by atoms with Crippen molar-refractivity contribution in [1.29, 1.82) is 0 Å². The Morgan fingerprint density at radius 3 is 3.11 bits per heavy atom. The standard InChI is InChI=1S/C14H16N4O/c1-18-8-11(13(17-18)4-5-15)9-2-3-12-10(6-9)7-14(19)16-12/h2-3,6,8H,4-5,7,15H2,1H3,(H,16,19). The van der Waals surface area contributed by atoms with E-state index >= 15 is 0 Å². The van der Waals surface area contributed by atoms with Crippen molar-refractivity contribution in [2.45, 2.75) is 12.8 Å². The number of nitrogens with zero attached hydrogens (tertiary/aromatic N) is 2. The van der Waals surface area contributed by atoms with E-state index < -0.39 is 0 Å². The van der Waals surface area contributed by atoms with Crippen molar-refractivity contribution in [2.75, 3.05) is 11.9 Å². The van der Waals surface area contributed by atoms with Crippen LogP contribution in [0.4, 0.5) is 5.69 Å². The molecule has 0 aliphatic carbocycles. The maximum atomic E-state index is 11.4. The highest BCUT2D eigenvalue weighted by Gasteiger charge is 2.19. The SMILES string of the molecule is Cn1cc(-c2ccc3c(c2)CC(=O)N3)c(CCN)n1. The van der Waals surface area contributed by atoms with Gasteiger partial charge < -0.3 is 11.1 Å². The smallest absolute Gasteiger partial charge is 0.228 e. The third kappa shape index (κ3) is 2.13. The van der Waals surface area contributed by atoms with Gasteiger partial charge in [0.15, 0.2) is 0 Å². The third-order valence-electron chi connectivity index (χ3n) is 3.33. The Labute approximate surface area is 111 Å². The predicted molar refractivity (Wildman–Crippen MR) is 73.7 cm³/mol. The number of aromatic nitrogens is 2. The van der Waals surface area contributed by atoms with E-state index in [-0.39, 0.29) is 5.91 Å². The highest BCUT2D eigenvalue weighted by molar-refractivity contribution is 5.99. The number of nitrogens with two attached hydrogens (primary N) is 1. The fourth-order valence-electron chi connectivity index (χ4n) is 2.49. The molecule has 2 heterocycles. The van der Waals surface area contributed by atoms with E-state index in [4.69, 9.17) is 5.73 Å². The molecule has 0 radical (unpaired) electrons. The number of nitrogens with one attached hydrogen (secondary N) is 1. The molecule has 0 saturated heterocycles. The molecule has 0 fully saturated rings. The van der Waals surface area contributed by atoms with Gasteiger partial charge in [-0.2, -0.15) is 5.10 Å². The van der Waals surface area contributed by atoms with Crippen LogP contribution >= 0.6 is 0 Å². The van der Waals surface area contributed by atoms with Gasteiger partial charge in [-0.25, -0.2) is 0 Å². The van der Waals surface area contributed by atoms with Crippen LogP contribution in [0, 0.1) is 0 Å². The van der Waals surface area contributed by atoms with Crippen LogP contribution in [0.25, 0.3) is 11.1 Å². The second kappa shape index (κ2) is 4.51. The first kappa shape index (κ1) is 11.9. The van der Waals surface area contributed by atoms with E-state index in [2.05, 4.69) is 16.5 Å². The van der Waals surface area contributed by atoms with Crippen LogP contribution < -0.4 is 11.1 Å². The van der Waals surface area contributed by atoms with Crippen molar-refractivity contribution < 1.29 is 4.79 Å². The molecule has 1 aromatic carbocycles. The molecule has 0 bridgehead atoms. The second-order valence-electron chi connectivity index (χ2n) is 4.80. The number of carbonyl (C=O) groups excluding carboxylic acids is 1. The molecule has 1 aromatic heterocycles. The zero-order valence-electron chi connectivity index (χ0n) is 10.8. The summed E-state index contributed by atoms with van der Waals surface area (Å²) in [7, 11) is 1.90. The first-order valence-electron chi connectivity index (χ1n) is 6.33. The second-order valence-corrected chi connectivity index (χ2v) is 4.80. The van der Waals surface area contributed by atoms with Crippen LogP contribution in [-0.2, 0) is 24.7 Å². The monoisotopic (exact) mass is 256 g/mol. The maximum Gasteiger partial charge on any atom is 0.228 e. The first-order valence-corrected chi connectivity index (χ1v) is 6.33. The summed E-state index contributed by atoms with van der Waals surface area (Å²) in [5, 5.41) is 7.28. The molecular formula is C14H16N4O. The molecule has 2 aromatic rings. The summed E-state index contributed by atoms with van der Waals surface area (Å²) in [5.74, 6) is 0.0560. The summed E-state index contributed by atoms with van der Waals surface area (Å²) in [6.07, 6.45) is 3.21. The lowest BCUT2D eigenvalue weighted by atomic mass is 10.0. The Bertz CT molecular complexity index is 645. The zero-order chi connectivity index (χ0) is 13.4. The third-order valence-corrected chi connectivity index (χ3v) is 3.33. The molecule has 1 amide bonds. The van der Waals surface area contributed by atoms with Crippen molar-refractivity contribution in [3.8, 4) is 11.1 Å². The van der Waals surface area contributed by atoms with Gasteiger partial charge in [-0.15, -0.1) is 0 Å². The Hall–Kier alpha value is -2.14. The molecule has 0 spiro atoms. The molecule has 5 nitrogen and oxygen atoms in total. The number of carbonyl (C=O) groups is 1. The Kier molecular flexibility index (Phi) is 2.83.